The molecule has 0 bridgehead atoms. The van der Waals surface area contributed by atoms with Gasteiger partial charge in [-0.1, -0.05) is 35.3 Å². The SMILES string of the molecule is CC(C)N=C1CC(c2cccc(NC(=O)Nc3ccc(Cl)c(Cl)c3)c2)=CN1. The molecule has 0 saturated carbocycles. The average Bonchev–Trinajstić information content (AvgIpc) is 3.06. The summed E-state index contributed by atoms with van der Waals surface area (Å²) in [6, 6.07) is 12.5. The minimum Gasteiger partial charge on any atom is -0.350 e. The van der Waals surface area contributed by atoms with Crippen LogP contribution in [0, 0.1) is 0 Å². The average molecular weight is 403 g/mol. The molecule has 3 N–H and O–H groups in total. The maximum atomic E-state index is 12.2. The Balaban J connectivity index is 1.65. The molecule has 1 aliphatic heterocycles. The fourth-order valence-electron chi connectivity index (χ4n) is 2.70. The lowest BCUT2D eigenvalue weighted by Crippen LogP contribution is -2.19. The van der Waals surface area contributed by atoms with E-state index >= 15 is 0 Å². The predicted molar refractivity (Wildman–Crippen MR) is 114 cm³/mol. The van der Waals surface area contributed by atoms with Crippen LogP contribution in [-0.2, 0) is 0 Å². The fourth-order valence-corrected chi connectivity index (χ4v) is 2.99. The Bertz CT molecular complexity index is 922. The minimum absolute atomic E-state index is 0.248. The molecule has 2 aromatic rings. The Labute approximate surface area is 168 Å². The smallest absolute Gasteiger partial charge is 0.323 e. The van der Waals surface area contributed by atoms with Gasteiger partial charge in [-0.05, 0) is 55.3 Å². The van der Waals surface area contributed by atoms with Crippen LogP contribution in [-0.4, -0.2) is 17.9 Å². The van der Waals surface area contributed by atoms with Crippen molar-refractivity contribution in [3.63, 3.8) is 0 Å². The summed E-state index contributed by atoms with van der Waals surface area (Å²) in [5.41, 5.74) is 3.42. The van der Waals surface area contributed by atoms with Crippen molar-refractivity contribution in [2.45, 2.75) is 26.3 Å². The van der Waals surface area contributed by atoms with E-state index < -0.39 is 0 Å². The Morgan fingerprint density at radius 3 is 2.52 bits per heavy atom. The number of carbonyl (C=O) groups excluding carboxylic acids is 1. The molecule has 0 saturated heterocycles. The zero-order chi connectivity index (χ0) is 19.4. The molecule has 0 aliphatic carbocycles. The second kappa shape index (κ2) is 8.46. The van der Waals surface area contributed by atoms with Crippen molar-refractivity contribution in [2.75, 3.05) is 10.6 Å². The second-order valence-corrected chi connectivity index (χ2v) is 7.26. The van der Waals surface area contributed by atoms with Gasteiger partial charge in [0.1, 0.15) is 5.84 Å². The molecular weight excluding hydrogens is 383 g/mol. The van der Waals surface area contributed by atoms with Gasteiger partial charge in [-0.2, -0.15) is 0 Å². The van der Waals surface area contributed by atoms with E-state index in [1.165, 1.54) is 0 Å². The normalized spacial score (nSPS) is 14.9. The molecule has 27 heavy (non-hydrogen) atoms. The number of anilines is 2. The summed E-state index contributed by atoms with van der Waals surface area (Å²) < 4.78 is 0. The zero-order valence-corrected chi connectivity index (χ0v) is 16.5. The summed E-state index contributed by atoms with van der Waals surface area (Å²) in [4.78, 5) is 16.8. The molecule has 2 aromatic carbocycles. The van der Waals surface area contributed by atoms with Gasteiger partial charge in [0.25, 0.3) is 0 Å². The van der Waals surface area contributed by atoms with E-state index in [-0.39, 0.29) is 12.1 Å². The maximum absolute atomic E-state index is 12.2. The van der Waals surface area contributed by atoms with Crippen LogP contribution in [0.4, 0.5) is 16.2 Å². The first-order valence-corrected chi connectivity index (χ1v) is 9.32. The monoisotopic (exact) mass is 402 g/mol. The highest BCUT2D eigenvalue weighted by molar-refractivity contribution is 6.42. The van der Waals surface area contributed by atoms with Gasteiger partial charge in [0.05, 0.1) is 10.0 Å². The molecule has 0 aromatic heterocycles. The maximum Gasteiger partial charge on any atom is 0.323 e. The van der Waals surface area contributed by atoms with Crippen LogP contribution in [0.2, 0.25) is 10.0 Å². The van der Waals surface area contributed by atoms with Crippen LogP contribution < -0.4 is 16.0 Å². The molecule has 2 amide bonds. The summed E-state index contributed by atoms with van der Waals surface area (Å²) in [6.45, 7) is 4.09. The van der Waals surface area contributed by atoms with Gasteiger partial charge in [-0.15, -0.1) is 0 Å². The Morgan fingerprint density at radius 2 is 1.81 bits per heavy atom. The van der Waals surface area contributed by atoms with E-state index in [4.69, 9.17) is 23.2 Å². The summed E-state index contributed by atoms with van der Waals surface area (Å²) in [5, 5.41) is 9.59. The lowest BCUT2D eigenvalue weighted by Gasteiger charge is -2.10. The number of benzene rings is 2. The van der Waals surface area contributed by atoms with Gasteiger partial charge in [0, 0.05) is 30.0 Å². The highest BCUT2D eigenvalue weighted by Crippen LogP contribution is 2.26. The molecule has 1 heterocycles. The van der Waals surface area contributed by atoms with Crippen molar-refractivity contribution in [1.29, 1.82) is 0 Å². The predicted octanol–water partition coefficient (Wildman–Crippen LogP) is 5.78. The van der Waals surface area contributed by atoms with Crippen molar-refractivity contribution in [3.05, 3.63) is 64.3 Å². The van der Waals surface area contributed by atoms with Crippen LogP contribution in [0.3, 0.4) is 0 Å². The summed E-state index contributed by atoms with van der Waals surface area (Å²) >= 11 is 11.9. The summed E-state index contributed by atoms with van der Waals surface area (Å²) in [5.74, 6) is 0.954. The molecule has 0 unspecified atom stereocenters. The van der Waals surface area contributed by atoms with Crippen molar-refractivity contribution < 1.29 is 4.79 Å². The molecule has 0 fully saturated rings. The highest BCUT2D eigenvalue weighted by Gasteiger charge is 2.14. The van der Waals surface area contributed by atoms with Crippen LogP contribution >= 0.6 is 23.2 Å². The third-order valence-electron chi connectivity index (χ3n) is 3.85. The van der Waals surface area contributed by atoms with Crippen LogP contribution in [0.1, 0.15) is 25.8 Å². The molecule has 1 aliphatic rings. The molecule has 5 nitrogen and oxygen atoms in total. The van der Waals surface area contributed by atoms with E-state index in [0.29, 0.717) is 21.4 Å². The lowest BCUT2D eigenvalue weighted by atomic mass is 10.0. The molecule has 7 heteroatoms. The number of nitrogens with zero attached hydrogens (tertiary/aromatic N) is 1. The van der Waals surface area contributed by atoms with E-state index in [9.17, 15) is 4.79 Å². The van der Waals surface area contributed by atoms with Gasteiger partial charge in [-0.25, -0.2) is 4.79 Å². The summed E-state index contributed by atoms with van der Waals surface area (Å²) in [7, 11) is 0. The van der Waals surface area contributed by atoms with Gasteiger partial charge >= 0.3 is 6.03 Å². The molecule has 0 atom stereocenters. The third kappa shape index (κ3) is 5.25. The van der Waals surface area contributed by atoms with Crippen molar-refractivity contribution in [3.8, 4) is 0 Å². The largest absolute Gasteiger partial charge is 0.350 e. The van der Waals surface area contributed by atoms with Crippen molar-refractivity contribution >= 4 is 52.0 Å². The zero-order valence-electron chi connectivity index (χ0n) is 15.0. The first kappa shape index (κ1) is 19.3. The van der Waals surface area contributed by atoms with Gasteiger partial charge in [0.15, 0.2) is 0 Å². The van der Waals surface area contributed by atoms with E-state index in [1.54, 1.807) is 18.2 Å². The minimum atomic E-state index is -0.355. The number of nitrogens with one attached hydrogen (secondary N) is 3. The van der Waals surface area contributed by atoms with Crippen molar-refractivity contribution in [2.24, 2.45) is 4.99 Å². The number of amides is 2. The number of rotatable bonds is 4. The first-order valence-electron chi connectivity index (χ1n) is 8.56. The molecule has 140 valence electrons. The number of halogens is 2. The number of hydrogen-bond donors (Lipinski definition) is 3. The molecule has 0 radical (unpaired) electrons. The Morgan fingerprint density at radius 1 is 1.07 bits per heavy atom. The Kier molecular flexibility index (Phi) is 6.04. The first-order chi connectivity index (χ1) is 12.9. The topological polar surface area (TPSA) is 65.5 Å². The van der Waals surface area contributed by atoms with Gasteiger partial charge < -0.3 is 16.0 Å². The van der Waals surface area contributed by atoms with Crippen LogP contribution in [0.25, 0.3) is 5.57 Å². The Hall–Kier alpha value is -2.50. The molecular formula is C20H20Cl2N4O. The number of carbonyl (C=O) groups is 1. The quantitative estimate of drug-likeness (QED) is 0.606. The van der Waals surface area contributed by atoms with E-state index in [0.717, 1.165) is 23.4 Å². The fraction of sp³-hybridized carbons (Fsp3) is 0.200. The van der Waals surface area contributed by atoms with Gasteiger partial charge in [0.2, 0.25) is 0 Å². The summed E-state index contributed by atoms with van der Waals surface area (Å²) in [6.07, 6.45) is 2.70. The molecule has 3 rings (SSSR count). The molecule has 0 spiro atoms. The standard InChI is InChI=1S/C20H20Cl2N4O/c1-12(2)24-19-9-14(11-23-19)13-4-3-5-15(8-13)25-20(27)26-16-6-7-17(21)18(22)10-16/h3-8,10-12H,9H2,1-2H3,(H,23,24)(H2,25,26,27). The van der Waals surface area contributed by atoms with E-state index in [2.05, 4.69) is 20.9 Å². The van der Waals surface area contributed by atoms with E-state index in [1.807, 2.05) is 44.3 Å². The van der Waals surface area contributed by atoms with Crippen molar-refractivity contribution in [1.82, 2.24) is 5.32 Å². The third-order valence-corrected chi connectivity index (χ3v) is 4.59. The van der Waals surface area contributed by atoms with Gasteiger partial charge in [-0.3, -0.25) is 4.99 Å². The van der Waals surface area contributed by atoms with Crippen LogP contribution in [0.15, 0.2) is 53.7 Å². The van der Waals surface area contributed by atoms with Crippen LogP contribution in [0.5, 0.6) is 0 Å². The number of urea groups is 1. The lowest BCUT2D eigenvalue weighted by molar-refractivity contribution is 0.262. The number of aliphatic imine (C=N–C) groups is 1. The number of hydrogen-bond acceptors (Lipinski definition) is 2. The second-order valence-electron chi connectivity index (χ2n) is 6.45. The highest BCUT2D eigenvalue weighted by atomic mass is 35.5. The number of amidine groups is 1.